The van der Waals surface area contributed by atoms with Gasteiger partial charge in [0.05, 0.1) is 0 Å². The highest BCUT2D eigenvalue weighted by molar-refractivity contribution is 6.30. The summed E-state index contributed by atoms with van der Waals surface area (Å²) in [7, 11) is 0. The average molecular weight is 196 g/mol. The number of rotatable bonds is 1. The summed E-state index contributed by atoms with van der Waals surface area (Å²) in [6.07, 6.45) is 1.15. The second kappa shape index (κ2) is 3.32. The lowest BCUT2D eigenvalue weighted by Crippen LogP contribution is -2.44. The SMILES string of the molecule is CC1CC(N)C1c1ccc(Cl)cc1. The molecular weight excluding hydrogens is 182 g/mol. The standard InChI is InChI=1S/C11H14ClN/c1-7-6-10(13)11(7)8-2-4-9(12)5-3-8/h2-5,7,10-11H,6,13H2,1H3. The van der Waals surface area contributed by atoms with Crippen molar-refractivity contribution in [1.82, 2.24) is 0 Å². The minimum absolute atomic E-state index is 0.344. The fraction of sp³-hybridized carbons (Fsp3) is 0.455. The zero-order chi connectivity index (χ0) is 9.42. The van der Waals surface area contributed by atoms with Gasteiger partial charge < -0.3 is 5.73 Å². The van der Waals surface area contributed by atoms with Crippen molar-refractivity contribution in [2.45, 2.75) is 25.3 Å². The van der Waals surface area contributed by atoms with Crippen LogP contribution in [0.25, 0.3) is 0 Å². The number of benzene rings is 1. The lowest BCUT2D eigenvalue weighted by atomic mass is 9.67. The molecule has 0 aliphatic heterocycles. The summed E-state index contributed by atoms with van der Waals surface area (Å²) in [5, 5.41) is 0.796. The van der Waals surface area contributed by atoms with Crippen LogP contribution in [0, 0.1) is 5.92 Å². The molecule has 0 bridgehead atoms. The molecule has 1 aliphatic rings. The Labute approximate surface area is 83.9 Å². The third kappa shape index (κ3) is 1.59. The molecule has 3 unspecified atom stereocenters. The predicted molar refractivity (Wildman–Crippen MR) is 55.9 cm³/mol. The molecule has 0 spiro atoms. The van der Waals surface area contributed by atoms with Crippen molar-refractivity contribution in [3.63, 3.8) is 0 Å². The van der Waals surface area contributed by atoms with Crippen molar-refractivity contribution >= 4 is 11.6 Å². The first kappa shape index (κ1) is 9.04. The van der Waals surface area contributed by atoms with Gasteiger partial charge >= 0.3 is 0 Å². The normalized spacial score (nSPS) is 32.7. The van der Waals surface area contributed by atoms with Crippen LogP contribution in [0.5, 0.6) is 0 Å². The molecule has 3 atom stereocenters. The summed E-state index contributed by atoms with van der Waals surface area (Å²) in [4.78, 5) is 0. The lowest BCUT2D eigenvalue weighted by molar-refractivity contribution is 0.230. The first-order valence-corrected chi connectivity index (χ1v) is 5.07. The lowest BCUT2D eigenvalue weighted by Gasteiger charge is -2.41. The molecule has 0 heterocycles. The highest BCUT2D eigenvalue weighted by Gasteiger charge is 2.36. The highest BCUT2D eigenvalue weighted by atomic mass is 35.5. The number of hydrogen-bond donors (Lipinski definition) is 1. The zero-order valence-corrected chi connectivity index (χ0v) is 8.46. The number of halogens is 1. The monoisotopic (exact) mass is 195 g/mol. The molecular formula is C11H14ClN. The first-order valence-electron chi connectivity index (χ1n) is 4.69. The van der Waals surface area contributed by atoms with Crippen LogP contribution in [0.4, 0.5) is 0 Å². The molecule has 2 N–H and O–H groups in total. The summed E-state index contributed by atoms with van der Waals surface area (Å²) in [6, 6.07) is 8.39. The van der Waals surface area contributed by atoms with Gasteiger partial charge in [0.2, 0.25) is 0 Å². The Hall–Kier alpha value is -0.530. The Balaban J connectivity index is 2.21. The highest BCUT2D eigenvalue weighted by Crippen LogP contribution is 2.41. The number of nitrogens with two attached hydrogens (primary N) is 1. The van der Waals surface area contributed by atoms with E-state index in [1.807, 2.05) is 12.1 Å². The maximum atomic E-state index is 5.95. The van der Waals surface area contributed by atoms with Gasteiger partial charge in [0.15, 0.2) is 0 Å². The Bertz CT molecular complexity index is 285. The summed E-state index contributed by atoms with van der Waals surface area (Å²) < 4.78 is 0. The van der Waals surface area contributed by atoms with Gasteiger partial charge in [-0.25, -0.2) is 0 Å². The molecule has 70 valence electrons. The molecule has 2 heteroatoms. The number of hydrogen-bond acceptors (Lipinski definition) is 1. The minimum Gasteiger partial charge on any atom is -0.327 e. The van der Waals surface area contributed by atoms with Crippen molar-refractivity contribution in [2.24, 2.45) is 11.7 Å². The van der Waals surface area contributed by atoms with E-state index in [1.165, 1.54) is 5.56 Å². The molecule has 1 aliphatic carbocycles. The fourth-order valence-corrected chi connectivity index (χ4v) is 2.34. The van der Waals surface area contributed by atoms with Crippen molar-refractivity contribution in [1.29, 1.82) is 0 Å². The van der Waals surface area contributed by atoms with E-state index < -0.39 is 0 Å². The van der Waals surface area contributed by atoms with Gasteiger partial charge in [-0.2, -0.15) is 0 Å². The van der Waals surface area contributed by atoms with E-state index in [0.29, 0.717) is 12.0 Å². The molecule has 1 aromatic carbocycles. The zero-order valence-electron chi connectivity index (χ0n) is 7.70. The molecule has 1 nitrogen and oxygen atoms in total. The van der Waals surface area contributed by atoms with E-state index in [4.69, 9.17) is 17.3 Å². The van der Waals surface area contributed by atoms with Crippen molar-refractivity contribution in [3.05, 3.63) is 34.9 Å². The van der Waals surface area contributed by atoms with E-state index >= 15 is 0 Å². The summed E-state index contributed by atoms with van der Waals surface area (Å²) in [5.74, 6) is 1.26. The summed E-state index contributed by atoms with van der Waals surface area (Å²) >= 11 is 5.82. The fourth-order valence-electron chi connectivity index (χ4n) is 2.21. The molecule has 1 fully saturated rings. The molecule has 0 saturated heterocycles. The first-order chi connectivity index (χ1) is 6.18. The Morgan fingerprint density at radius 3 is 2.38 bits per heavy atom. The van der Waals surface area contributed by atoms with Gasteiger partial charge in [-0.1, -0.05) is 30.7 Å². The summed E-state index contributed by atoms with van der Waals surface area (Å²) in [5.41, 5.74) is 7.28. The minimum atomic E-state index is 0.344. The third-order valence-electron chi connectivity index (χ3n) is 2.97. The largest absolute Gasteiger partial charge is 0.327 e. The van der Waals surface area contributed by atoms with Crippen molar-refractivity contribution in [3.8, 4) is 0 Å². The van der Waals surface area contributed by atoms with Gasteiger partial charge in [-0.3, -0.25) is 0 Å². The molecule has 13 heavy (non-hydrogen) atoms. The van der Waals surface area contributed by atoms with E-state index in [9.17, 15) is 0 Å². The molecule has 0 aromatic heterocycles. The van der Waals surface area contributed by atoms with Crippen LogP contribution in [0.3, 0.4) is 0 Å². The van der Waals surface area contributed by atoms with Gasteiger partial charge in [0, 0.05) is 17.0 Å². The van der Waals surface area contributed by atoms with Crippen molar-refractivity contribution < 1.29 is 0 Å². The summed E-state index contributed by atoms with van der Waals surface area (Å²) in [6.45, 7) is 2.25. The second-order valence-corrected chi connectivity index (χ2v) is 4.39. The van der Waals surface area contributed by atoms with Crippen LogP contribution in [0.2, 0.25) is 5.02 Å². The van der Waals surface area contributed by atoms with Crippen molar-refractivity contribution in [2.75, 3.05) is 0 Å². The average Bonchev–Trinajstić information content (AvgIpc) is 2.09. The van der Waals surface area contributed by atoms with E-state index in [0.717, 1.165) is 17.4 Å². The van der Waals surface area contributed by atoms with E-state index in [-0.39, 0.29) is 0 Å². The van der Waals surface area contributed by atoms with Gasteiger partial charge in [0.25, 0.3) is 0 Å². The Kier molecular flexibility index (Phi) is 2.31. The van der Waals surface area contributed by atoms with Crippen LogP contribution in [-0.2, 0) is 0 Å². The molecule has 1 aromatic rings. The van der Waals surface area contributed by atoms with Crippen LogP contribution in [0.15, 0.2) is 24.3 Å². The second-order valence-electron chi connectivity index (χ2n) is 3.95. The van der Waals surface area contributed by atoms with E-state index in [2.05, 4.69) is 19.1 Å². The molecule has 1 saturated carbocycles. The van der Waals surface area contributed by atoms with Crippen LogP contribution < -0.4 is 5.73 Å². The van der Waals surface area contributed by atoms with E-state index in [1.54, 1.807) is 0 Å². The Morgan fingerprint density at radius 1 is 1.31 bits per heavy atom. The Morgan fingerprint density at radius 2 is 1.92 bits per heavy atom. The smallest absolute Gasteiger partial charge is 0.0406 e. The maximum Gasteiger partial charge on any atom is 0.0406 e. The maximum absolute atomic E-state index is 5.95. The molecule has 0 radical (unpaired) electrons. The van der Waals surface area contributed by atoms with Gasteiger partial charge in [-0.05, 0) is 30.0 Å². The topological polar surface area (TPSA) is 26.0 Å². The quantitative estimate of drug-likeness (QED) is 0.733. The third-order valence-corrected chi connectivity index (χ3v) is 3.23. The van der Waals surface area contributed by atoms with Crippen LogP contribution >= 0.6 is 11.6 Å². The van der Waals surface area contributed by atoms with Crippen LogP contribution in [-0.4, -0.2) is 6.04 Å². The van der Waals surface area contributed by atoms with Gasteiger partial charge in [-0.15, -0.1) is 0 Å². The van der Waals surface area contributed by atoms with Crippen LogP contribution in [0.1, 0.15) is 24.8 Å². The van der Waals surface area contributed by atoms with Gasteiger partial charge in [0.1, 0.15) is 0 Å². The molecule has 0 amide bonds. The predicted octanol–water partition coefficient (Wildman–Crippen LogP) is 2.79. The molecule has 2 rings (SSSR count).